The number of nitrogen functional groups attached to an aromatic ring is 1. The number of anilines is 1. The van der Waals surface area contributed by atoms with Gasteiger partial charge < -0.3 is 11.1 Å². The lowest BCUT2D eigenvalue weighted by Crippen LogP contribution is -2.33. The van der Waals surface area contributed by atoms with Gasteiger partial charge in [0.1, 0.15) is 0 Å². The van der Waals surface area contributed by atoms with Crippen molar-refractivity contribution in [3.8, 4) is 0 Å². The smallest absolute Gasteiger partial charge is 0.223 e. The zero-order chi connectivity index (χ0) is 13.9. The Bertz CT molecular complexity index is 595. The fourth-order valence-electron chi connectivity index (χ4n) is 2.68. The second kappa shape index (κ2) is 5.36. The third-order valence-electron chi connectivity index (χ3n) is 3.72. The van der Waals surface area contributed by atoms with Crippen LogP contribution in [0.5, 0.6) is 0 Å². The van der Waals surface area contributed by atoms with Crippen LogP contribution in [-0.2, 0) is 24.2 Å². The molecule has 1 amide bonds. The summed E-state index contributed by atoms with van der Waals surface area (Å²) in [5, 5.41) is 7.06. The standard InChI is InChI=1S/C15H18N4O/c16-14-9-18-19(10-14)6-5-17-15(20)13-7-11-3-1-2-4-12(11)8-13/h1-4,9-10,13H,5-8,16H2,(H,17,20). The molecule has 0 unspecified atom stereocenters. The fraction of sp³-hybridized carbons (Fsp3) is 0.333. The summed E-state index contributed by atoms with van der Waals surface area (Å²) in [6, 6.07) is 8.27. The van der Waals surface area contributed by atoms with Gasteiger partial charge in [0.05, 0.1) is 18.4 Å². The first-order valence-electron chi connectivity index (χ1n) is 6.85. The highest BCUT2D eigenvalue weighted by atomic mass is 16.1. The number of nitrogens with one attached hydrogen (secondary N) is 1. The van der Waals surface area contributed by atoms with E-state index >= 15 is 0 Å². The van der Waals surface area contributed by atoms with E-state index in [0.717, 1.165) is 12.8 Å². The maximum atomic E-state index is 12.1. The second-order valence-electron chi connectivity index (χ2n) is 5.20. The van der Waals surface area contributed by atoms with Crippen LogP contribution < -0.4 is 11.1 Å². The molecule has 0 fully saturated rings. The minimum absolute atomic E-state index is 0.0649. The Kier molecular flexibility index (Phi) is 3.41. The van der Waals surface area contributed by atoms with Crippen LogP contribution in [0.25, 0.3) is 0 Å². The van der Waals surface area contributed by atoms with Crippen LogP contribution in [0, 0.1) is 5.92 Å². The number of aromatic nitrogens is 2. The SMILES string of the molecule is Nc1cnn(CCNC(=O)C2Cc3ccccc3C2)c1. The van der Waals surface area contributed by atoms with Crippen LogP contribution >= 0.6 is 0 Å². The molecule has 1 aromatic carbocycles. The predicted molar refractivity (Wildman–Crippen MR) is 77.0 cm³/mol. The Labute approximate surface area is 117 Å². The zero-order valence-electron chi connectivity index (χ0n) is 11.2. The quantitative estimate of drug-likeness (QED) is 0.870. The molecule has 1 aliphatic carbocycles. The van der Waals surface area contributed by atoms with Crippen molar-refractivity contribution < 1.29 is 4.79 Å². The average molecular weight is 270 g/mol. The molecule has 0 spiro atoms. The van der Waals surface area contributed by atoms with Gasteiger partial charge in [0.25, 0.3) is 0 Å². The van der Waals surface area contributed by atoms with Crippen molar-refractivity contribution in [1.82, 2.24) is 15.1 Å². The van der Waals surface area contributed by atoms with Gasteiger partial charge in [0, 0.05) is 18.7 Å². The Morgan fingerprint density at radius 3 is 2.65 bits per heavy atom. The molecule has 0 aliphatic heterocycles. The summed E-state index contributed by atoms with van der Waals surface area (Å²) >= 11 is 0. The summed E-state index contributed by atoms with van der Waals surface area (Å²) in [4.78, 5) is 12.1. The molecule has 1 aromatic heterocycles. The maximum absolute atomic E-state index is 12.1. The molecular formula is C15H18N4O. The predicted octanol–water partition coefficient (Wildman–Crippen LogP) is 0.997. The largest absolute Gasteiger partial charge is 0.396 e. The Morgan fingerprint density at radius 2 is 2.05 bits per heavy atom. The van der Waals surface area contributed by atoms with E-state index in [2.05, 4.69) is 22.5 Å². The van der Waals surface area contributed by atoms with Crippen LogP contribution in [-0.4, -0.2) is 22.2 Å². The number of rotatable bonds is 4. The monoisotopic (exact) mass is 270 g/mol. The van der Waals surface area contributed by atoms with Gasteiger partial charge in [-0.2, -0.15) is 5.10 Å². The number of nitrogens with two attached hydrogens (primary N) is 1. The Morgan fingerprint density at radius 1 is 1.35 bits per heavy atom. The molecular weight excluding hydrogens is 252 g/mol. The third-order valence-corrected chi connectivity index (χ3v) is 3.72. The fourth-order valence-corrected chi connectivity index (χ4v) is 2.68. The van der Waals surface area contributed by atoms with Crippen molar-refractivity contribution in [2.24, 2.45) is 5.92 Å². The number of carbonyl (C=O) groups is 1. The van der Waals surface area contributed by atoms with E-state index in [-0.39, 0.29) is 11.8 Å². The van der Waals surface area contributed by atoms with Gasteiger partial charge in [-0.3, -0.25) is 9.48 Å². The summed E-state index contributed by atoms with van der Waals surface area (Å²) < 4.78 is 1.74. The Balaban J connectivity index is 1.49. The highest BCUT2D eigenvalue weighted by Crippen LogP contribution is 2.26. The number of fused-ring (bicyclic) bond motifs is 1. The van der Waals surface area contributed by atoms with E-state index in [1.807, 2.05) is 12.1 Å². The van der Waals surface area contributed by atoms with E-state index in [9.17, 15) is 4.79 Å². The van der Waals surface area contributed by atoms with E-state index in [1.54, 1.807) is 17.1 Å². The highest BCUT2D eigenvalue weighted by molar-refractivity contribution is 5.80. The van der Waals surface area contributed by atoms with Crippen molar-refractivity contribution in [3.05, 3.63) is 47.8 Å². The number of hydrogen-bond acceptors (Lipinski definition) is 3. The lowest BCUT2D eigenvalue weighted by atomic mass is 10.1. The summed E-state index contributed by atoms with van der Waals surface area (Å²) in [5.74, 6) is 0.191. The zero-order valence-corrected chi connectivity index (χ0v) is 11.2. The van der Waals surface area contributed by atoms with E-state index in [0.29, 0.717) is 18.8 Å². The third kappa shape index (κ3) is 2.66. The van der Waals surface area contributed by atoms with Crippen LogP contribution in [0.3, 0.4) is 0 Å². The minimum Gasteiger partial charge on any atom is -0.396 e. The molecule has 3 rings (SSSR count). The van der Waals surface area contributed by atoms with E-state index in [1.165, 1.54) is 11.1 Å². The van der Waals surface area contributed by atoms with Crippen LogP contribution in [0.4, 0.5) is 5.69 Å². The van der Waals surface area contributed by atoms with Gasteiger partial charge in [-0.25, -0.2) is 0 Å². The van der Waals surface area contributed by atoms with E-state index in [4.69, 9.17) is 5.73 Å². The number of hydrogen-bond donors (Lipinski definition) is 2. The van der Waals surface area contributed by atoms with E-state index < -0.39 is 0 Å². The van der Waals surface area contributed by atoms with Crippen LogP contribution in [0.2, 0.25) is 0 Å². The first-order chi connectivity index (χ1) is 9.72. The van der Waals surface area contributed by atoms with Gasteiger partial charge in [-0.1, -0.05) is 24.3 Å². The molecule has 1 heterocycles. The highest BCUT2D eigenvalue weighted by Gasteiger charge is 2.26. The van der Waals surface area contributed by atoms with Gasteiger partial charge in [0.2, 0.25) is 5.91 Å². The van der Waals surface area contributed by atoms with Crippen molar-refractivity contribution in [1.29, 1.82) is 0 Å². The number of amides is 1. The number of carbonyl (C=O) groups excluding carboxylic acids is 1. The normalized spacial score (nSPS) is 14.2. The molecule has 0 atom stereocenters. The van der Waals surface area contributed by atoms with Crippen molar-refractivity contribution in [3.63, 3.8) is 0 Å². The molecule has 5 heteroatoms. The topological polar surface area (TPSA) is 72.9 Å². The molecule has 0 saturated heterocycles. The van der Waals surface area contributed by atoms with Crippen molar-refractivity contribution >= 4 is 11.6 Å². The first kappa shape index (κ1) is 12.7. The average Bonchev–Trinajstić information content (AvgIpc) is 3.04. The summed E-state index contributed by atoms with van der Waals surface area (Å²) in [6.07, 6.45) is 5.06. The van der Waals surface area contributed by atoms with Gasteiger partial charge in [-0.05, 0) is 24.0 Å². The van der Waals surface area contributed by atoms with Crippen molar-refractivity contribution in [2.75, 3.05) is 12.3 Å². The summed E-state index contributed by atoms with van der Waals surface area (Å²) in [6.45, 7) is 1.22. The summed E-state index contributed by atoms with van der Waals surface area (Å²) in [7, 11) is 0. The molecule has 20 heavy (non-hydrogen) atoms. The first-order valence-corrected chi connectivity index (χ1v) is 6.85. The van der Waals surface area contributed by atoms with Crippen LogP contribution in [0.15, 0.2) is 36.7 Å². The molecule has 3 N–H and O–H groups in total. The lowest BCUT2D eigenvalue weighted by Gasteiger charge is -2.10. The van der Waals surface area contributed by atoms with Gasteiger partial charge in [0.15, 0.2) is 0 Å². The molecule has 5 nitrogen and oxygen atoms in total. The molecule has 1 aliphatic rings. The molecule has 0 radical (unpaired) electrons. The van der Waals surface area contributed by atoms with Gasteiger partial charge >= 0.3 is 0 Å². The van der Waals surface area contributed by atoms with Gasteiger partial charge in [-0.15, -0.1) is 0 Å². The minimum atomic E-state index is 0.0649. The molecule has 2 aromatic rings. The maximum Gasteiger partial charge on any atom is 0.223 e. The second-order valence-corrected chi connectivity index (χ2v) is 5.20. The Hall–Kier alpha value is -2.30. The summed E-state index contributed by atoms with van der Waals surface area (Å²) in [5.41, 5.74) is 8.83. The van der Waals surface area contributed by atoms with Crippen LogP contribution in [0.1, 0.15) is 11.1 Å². The molecule has 0 bridgehead atoms. The molecule has 104 valence electrons. The van der Waals surface area contributed by atoms with Crippen molar-refractivity contribution in [2.45, 2.75) is 19.4 Å². The number of nitrogens with zero attached hydrogens (tertiary/aromatic N) is 2. The number of benzene rings is 1. The molecule has 0 saturated carbocycles. The lowest BCUT2D eigenvalue weighted by molar-refractivity contribution is -0.124.